The molecule has 0 radical (unpaired) electrons. The highest BCUT2D eigenvalue weighted by Crippen LogP contribution is 2.34. The highest BCUT2D eigenvalue weighted by molar-refractivity contribution is 5.73. The summed E-state index contributed by atoms with van der Waals surface area (Å²) in [5, 5.41) is 0. The summed E-state index contributed by atoms with van der Waals surface area (Å²) < 4.78 is 12.6. The van der Waals surface area contributed by atoms with Crippen LogP contribution in [0, 0.1) is 6.92 Å². The van der Waals surface area contributed by atoms with Crippen molar-refractivity contribution >= 4 is 5.82 Å². The summed E-state index contributed by atoms with van der Waals surface area (Å²) in [4.78, 5) is 4.57. The molecule has 0 aliphatic heterocycles. The third kappa shape index (κ3) is 2.43. The van der Waals surface area contributed by atoms with Crippen LogP contribution in [0.5, 0.6) is 11.5 Å². The molecule has 20 heavy (non-hydrogen) atoms. The standard InChI is InChI=1S/C15H21N3O2/c1-5-8-18-10(2)17-14(15(18)16)11-6-7-12(19-3)13(9-11)20-4/h6-7,9H,5,8,16H2,1-4H3. The maximum Gasteiger partial charge on any atom is 0.161 e. The van der Waals surface area contributed by atoms with Gasteiger partial charge in [0.05, 0.1) is 14.2 Å². The fraction of sp³-hybridized carbons (Fsp3) is 0.400. The van der Waals surface area contributed by atoms with Crippen LogP contribution < -0.4 is 15.2 Å². The molecule has 1 heterocycles. The molecule has 0 spiro atoms. The first-order valence-corrected chi connectivity index (χ1v) is 6.67. The lowest BCUT2D eigenvalue weighted by Crippen LogP contribution is -2.04. The van der Waals surface area contributed by atoms with E-state index in [-0.39, 0.29) is 0 Å². The first kappa shape index (κ1) is 14.2. The van der Waals surface area contributed by atoms with Crippen LogP contribution in [-0.4, -0.2) is 23.8 Å². The predicted molar refractivity (Wildman–Crippen MR) is 80.2 cm³/mol. The molecule has 1 aromatic heterocycles. The summed E-state index contributed by atoms with van der Waals surface area (Å²) in [5.41, 5.74) is 7.93. The molecule has 0 aliphatic rings. The molecule has 1 aromatic carbocycles. The van der Waals surface area contributed by atoms with Gasteiger partial charge in [-0.3, -0.25) is 0 Å². The lowest BCUT2D eigenvalue weighted by molar-refractivity contribution is 0.355. The Labute approximate surface area is 119 Å². The summed E-state index contributed by atoms with van der Waals surface area (Å²) in [5.74, 6) is 2.98. The molecule has 0 saturated heterocycles. The molecule has 0 fully saturated rings. The van der Waals surface area contributed by atoms with Crippen LogP contribution >= 0.6 is 0 Å². The van der Waals surface area contributed by atoms with Crippen molar-refractivity contribution in [1.82, 2.24) is 9.55 Å². The number of nitrogens with zero attached hydrogens (tertiary/aromatic N) is 2. The number of hydrogen-bond acceptors (Lipinski definition) is 4. The van der Waals surface area contributed by atoms with Gasteiger partial charge in [-0.15, -0.1) is 0 Å². The SMILES string of the molecule is CCCn1c(C)nc(-c2ccc(OC)c(OC)c2)c1N. The molecular weight excluding hydrogens is 254 g/mol. The van der Waals surface area contributed by atoms with E-state index in [0.29, 0.717) is 17.3 Å². The van der Waals surface area contributed by atoms with Crippen LogP contribution in [-0.2, 0) is 6.54 Å². The molecule has 2 rings (SSSR count). The van der Waals surface area contributed by atoms with E-state index in [2.05, 4.69) is 11.9 Å². The van der Waals surface area contributed by atoms with Crippen molar-refractivity contribution in [2.75, 3.05) is 20.0 Å². The van der Waals surface area contributed by atoms with E-state index in [0.717, 1.165) is 30.0 Å². The minimum Gasteiger partial charge on any atom is -0.493 e. The lowest BCUT2D eigenvalue weighted by atomic mass is 10.1. The van der Waals surface area contributed by atoms with Gasteiger partial charge in [-0.05, 0) is 31.5 Å². The van der Waals surface area contributed by atoms with Gasteiger partial charge < -0.3 is 19.8 Å². The topological polar surface area (TPSA) is 62.3 Å². The summed E-state index contributed by atoms with van der Waals surface area (Å²) in [6.45, 7) is 4.96. The van der Waals surface area contributed by atoms with E-state index in [1.807, 2.05) is 29.7 Å². The smallest absolute Gasteiger partial charge is 0.161 e. The van der Waals surface area contributed by atoms with Crippen LogP contribution in [0.4, 0.5) is 5.82 Å². The van der Waals surface area contributed by atoms with Crippen molar-refractivity contribution in [3.8, 4) is 22.8 Å². The minimum atomic E-state index is 0.673. The predicted octanol–water partition coefficient (Wildman–Crippen LogP) is 2.87. The summed E-state index contributed by atoms with van der Waals surface area (Å²) in [7, 11) is 3.23. The number of hydrogen-bond donors (Lipinski definition) is 1. The zero-order valence-electron chi connectivity index (χ0n) is 12.4. The zero-order valence-corrected chi connectivity index (χ0v) is 12.4. The van der Waals surface area contributed by atoms with E-state index in [1.54, 1.807) is 14.2 Å². The van der Waals surface area contributed by atoms with E-state index in [9.17, 15) is 0 Å². The Morgan fingerprint density at radius 2 is 1.90 bits per heavy atom. The Hall–Kier alpha value is -2.17. The van der Waals surface area contributed by atoms with Gasteiger partial charge in [-0.1, -0.05) is 6.92 Å². The maximum absolute atomic E-state index is 6.21. The average molecular weight is 275 g/mol. The molecule has 2 N–H and O–H groups in total. The monoisotopic (exact) mass is 275 g/mol. The van der Waals surface area contributed by atoms with E-state index >= 15 is 0 Å². The highest BCUT2D eigenvalue weighted by Gasteiger charge is 2.15. The Morgan fingerprint density at radius 3 is 2.50 bits per heavy atom. The second-order valence-corrected chi connectivity index (χ2v) is 4.61. The number of nitrogens with two attached hydrogens (primary N) is 1. The Kier molecular flexibility index (Phi) is 4.17. The number of rotatable bonds is 5. The number of aryl methyl sites for hydroxylation is 1. The molecular formula is C15H21N3O2. The summed E-state index contributed by atoms with van der Waals surface area (Å²) >= 11 is 0. The number of ether oxygens (including phenoxy) is 2. The molecule has 0 aliphatic carbocycles. The number of anilines is 1. The molecule has 5 heteroatoms. The average Bonchev–Trinajstić information content (AvgIpc) is 2.75. The van der Waals surface area contributed by atoms with E-state index < -0.39 is 0 Å². The highest BCUT2D eigenvalue weighted by atomic mass is 16.5. The summed E-state index contributed by atoms with van der Waals surface area (Å²) in [6.07, 6.45) is 1.02. The molecule has 0 unspecified atom stereocenters. The van der Waals surface area contributed by atoms with Crippen LogP contribution in [0.25, 0.3) is 11.3 Å². The first-order valence-electron chi connectivity index (χ1n) is 6.67. The van der Waals surface area contributed by atoms with Crippen LogP contribution in [0.2, 0.25) is 0 Å². The number of imidazole rings is 1. The third-order valence-corrected chi connectivity index (χ3v) is 3.30. The summed E-state index contributed by atoms with van der Waals surface area (Å²) in [6, 6.07) is 5.70. The van der Waals surface area contributed by atoms with Crippen LogP contribution in [0.3, 0.4) is 0 Å². The van der Waals surface area contributed by atoms with Gasteiger partial charge in [0.25, 0.3) is 0 Å². The fourth-order valence-corrected chi connectivity index (χ4v) is 2.28. The molecule has 5 nitrogen and oxygen atoms in total. The van der Waals surface area contributed by atoms with Gasteiger partial charge in [0, 0.05) is 12.1 Å². The van der Waals surface area contributed by atoms with Gasteiger partial charge in [-0.2, -0.15) is 0 Å². The van der Waals surface area contributed by atoms with Crippen molar-refractivity contribution in [2.24, 2.45) is 0 Å². The molecule has 0 amide bonds. The maximum atomic E-state index is 6.21. The largest absolute Gasteiger partial charge is 0.493 e. The molecule has 108 valence electrons. The van der Waals surface area contributed by atoms with Gasteiger partial charge in [0.15, 0.2) is 11.5 Å². The number of methoxy groups -OCH3 is 2. The van der Waals surface area contributed by atoms with Crippen molar-refractivity contribution in [2.45, 2.75) is 26.8 Å². The Morgan fingerprint density at radius 1 is 1.20 bits per heavy atom. The van der Waals surface area contributed by atoms with Crippen LogP contribution in [0.15, 0.2) is 18.2 Å². The molecule has 0 saturated carbocycles. The first-order chi connectivity index (χ1) is 9.62. The second-order valence-electron chi connectivity index (χ2n) is 4.61. The normalized spacial score (nSPS) is 10.6. The number of aromatic nitrogens is 2. The van der Waals surface area contributed by atoms with Crippen molar-refractivity contribution in [1.29, 1.82) is 0 Å². The Balaban J connectivity index is 2.49. The Bertz CT molecular complexity index is 605. The van der Waals surface area contributed by atoms with E-state index in [1.165, 1.54) is 0 Å². The van der Waals surface area contributed by atoms with Crippen molar-refractivity contribution in [3.63, 3.8) is 0 Å². The van der Waals surface area contributed by atoms with Gasteiger partial charge in [-0.25, -0.2) is 4.98 Å². The molecule has 0 bridgehead atoms. The molecule has 0 atom stereocenters. The van der Waals surface area contributed by atoms with Crippen LogP contribution in [0.1, 0.15) is 19.2 Å². The minimum absolute atomic E-state index is 0.673. The van der Waals surface area contributed by atoms with Gasteiger partial charge in [0.2, 0.25) is 0 Å². The number of benzene rings is 1. The van der Waals surface area contributed by atoms with Gasteiger partial charge in [0.1, 0.15) is 17.3 Å². The van der Waals surface area contributed by atoms with E-state index in [4.69, 9.17) is 15.2 Å². The third-order valence-electron chi connectivity index (χ3n) is 3.30. The zero-order chi connectivity index (χ0) is 14.7. The molecule has 2 aromatic rings. The van der Waals surface area contributed by atoms with Crippen molar-refractivity contribution in [3.05, 3.63) is 24.0 Å². The lowest BCUT2D eigenvalue weighted by Gasteiger charge is -2.09. The quantitative estimate of drug-likeness (QED) is 0.911. The second kappa shape index (κ2) is 5.86. The number of nitrogen functional groups attached to an aromatic ring is 1. The van der Waals surface area contributed by atoms with Crippen molar-refractivity contribution < 1.29 is 9.47 Å². The van der Waals surface area contributed by atoms with Gasteiger partial charge >= 0.3 is 0 Å². The fourth-order valence-electron chi connectivity index (χ4n) is 2.28.